The average Bonchev–Trinajstić information content (AvgIpc) is 2.70. The van der Waals surface area contributed by atoms with Gasteiger partial charge in [0.05, 0.1) is 6.54 Å². The zero-order valence-corrected chi connectivity index (χ0v) is 21.1. The van der Waals surface area contributed by atoms with E-state index in [9.17, 15) is 9.18 Å². The highest BCUT2D eigenvalue weighted by Gasteiger charge is 2.15. The Morgan fingerprint density at radius 3 is 2.44 bits per heavy atom. The van der Waals surface area contributed by atoms with E-state index in [-0.39, 0.29) is 29.8 Å². The molecule has 0 fully saturated rings. The molecule has 1 aromatic heterocycles. The van der Waals surface area contributed by atoms with Crippen LogP contribution in [0.3, 0.4) is 0 Å². The molecule has 0 aliphatic rings. The van der Waals surface area contributed by atoms with Crippen molar-refractivity contribution < 1.29 is 18.7 Å². The highest BCUT2D eigenvalue weighted by atomic mass is 127. The van der Waals surface area contributed by atoms with Gasteiger partial charge in [0.2, 0.25) is 5.88 Å². The topological polar surface area (TPSA) is 96.9 Å². The zero-order valence-electron chi connectivity index (χ0n) is 18.8. The SMILES string of the molecule is CCNC(=NCc1ccnc(Oc2ccc(F)cc2)c1)NCCNC(=O)OC(C)(C)C.I. The summed E-state index contributed by atoms with van der Waals surface area (Å²) < 4.78 is 23.9. The van der Waals surface area contributed by atoms with Gasteiger partial charge >= 0.3 is 6.09 Å². The largest absolute Gasteiger partial charge is 0.444 e. The number of pyridine rings is 1. The first kappa shape index (κ1) is 27.4. The number of nitrogens with one attached hydrogen (secondary N) is 3. The van der Waals surface area contributed by atoms with Gasteiger partial charge in [0.25, 0.3) is 0 Å². The van der Waals surface area contributed by atoms with Crippen molar-refractivity contribution in [2.75, 3.05) is 19.6 Å². The number of amides is 1. The van der Waals surface area contributed by atoms with Crippen LogP contribution in [0.15, 0.2) is 47.6 Å². The van der Waals surface area contributed by atoms with Crippen molar-refractivity contribution in [2.45, 2.75) is 39.8 Å². The summed E-state index contributed by atoms with van der Waals surface area (Å²) in [6.45, 7) is 9.39. The Morgan fingerprint density at radius 1 is 1.09 bits per heavy atom. The molecule has 0 spiro atoms. The van der Waals surface area contributed by atoms with Crippen molar-refractivity contribution in [3.05, 3.63) is 54.0 Å². The van der Waals surface area contributed by atoms with E-state index in [0.29, 0.717) is 43.8 Å². The number of rotatable bonds is 8. The van der Waals surface area contributed by atoms with Gasteiger partial charge in [-0.3, -0.25) is 0 Å². The molecule has 3 N–H and O–H groups in total. The fraction of sp³-hybridized carbons (Fsp3) is 0.409. The molecule has 0 radical (unpaired) electrons. The van der Waals surface area contributed by atoms with Crippen molar-refractivity contribution in [1.82, 2.24) is 20.9 Å². The Balaban J connectivity index is 0.00000512. The second-order valence-corrected chi connectivity index (χ2v) is 7.61. The van der Waals surface area contributed by atoms with E-state index in [1.165, 1.54) is 12.1 Å². The number of carbonyl (C=O) groups excluding carboxylic acids is 1. The third kappa shape index (κ3) is 11.1. The van der Waals surface area contributed by atoms with Crippen LogP contribution >= 0.6 is 24.0 Å². The van der Waals surface area contributed by atoms with Crippen LogP contribution < -0.4 is 20.7 Å². The predicted octanol–water partition coefficient (Wildman–Crippen LogP) is 4.21. The molecule has 8 nitrogen and oxygen atoms in total. The second-order valence-electron chi connectivity index (χ2n) is 7.61. The van der Waals surface area contributed by atoms with Crippen LogP contribution in [-0.4, -0.2) is 42.3 Å². The van der Waals surface area contributed by atoms with Gasteiger partial charge in [-0.2, -0.15) is 0 Å². The standard InChI is InChI=1S/C22H30FN5O3.HI/c1-5-24-20(26-12-13-27-21(29)31-22(2,3)4)28-15-16-10-11-25-19(14-16)30-18-8-6-17(23)7-9-18;/h6-11,14H,5,12-13,15H2,1-4H3,(H,27,29)(H2,24,26,28);1H. The summed E-state index contributed by atoms with van der Waals surface area (Å²) in [6, 6.07) is 9.36. The molecule has 0 saturated carbocycles. The van der Waals surface area contributed by atoms with Crippen molar-refractivity contribution in [1.29, 1.82) is 0 Å². The number of ether oxygens (including phenoxy) is 2. The number of aliphatic imine (C=N–C) groups is 1. The van der Waals surface area contributed by atoms with Crippen molar-refractivity contribution in [2.24, 2.45) is 4.99 Å². The van der Waals surface area contributed by atoms with Crippen LogP contribution in [0.5, 0.6) is 11.6 Å². The summed E-state index contributed by atoms with van der Waals surface area (Å²) in [6.07, 6.45) is 1.18. The fourth-order valence-corrected chi connectivity index (χ4v) is 2.40. The molecule has 1 heterocycles. The third-order valence-corrected chi connectivity index (χ3v) is 3.68. The van der Waals surface area contributed by atoms with E-state index in [0.717, 1.165) is 5.56 Å². The van der Waals surface area contributed by atoms with Gasteiger partial charge in [0, 0.05) is 31.9 Å². The highest BCUT2D eigenvalue weighted by Crippen LogP contribution is 2.20. The first-order valence-corrected chi connectivity index (χ1v) is 10.1. The average molecular weight is 559 g/mol. The van der Waals surface area contributed by atoms with E-state index in [2.05, 4.69) is 25.9 Å². The smallest absolute Gasteiger partial charge is 0.407 e. The number of nitrogens with zero attached hydrogens (tertiary/aromatic N) is 2. The highest BCUT2D eigenvalue weighted by molar-refractivity contribution is 14.0. The van der Waals surface area contributed by atoms with E-state index in [1.54, 1.807) is 24.4 Å². The van der Waals surface area contributed by atoms with Crippen molar-refractivity contribution in [3.63, 3.8) is 0 Å². The first-order chi connectivity index (χ1) is 14.7. The third-order valence-electron chi connectivity index (χ3n) is 3.68. The van der Waals surface area contributed by atoms with E-state index in [1.807, 2.05) is 33.8 Å². The molecule has 2 aromatic rings. The van der Waals surface area contributed by atoms with E-state index < -0.39 is 11.7 Å². The maximum Gasteiger partial charge on any atom is 0.407 e. The van der Waals surface area contributed by atoms with Gasteiger partial charge in [0.1, 0.15) is 17.2 Å². The van der Waals surface area contributed by atoms with Crippen LogP contribution in [0, 0.1) is 5.82 Å². The van der Waals surface area contributed by atoms with Gasteiger partial charge in [-0.15, -0.1) is 24.0 Å². The number of alkyl carbamates (subject to hydrolysis) is 1. The summed E-state index contributed by atoms with van der Waals surface area (Å²) in [7, 11) is 0. The lowest BCUT2D eigenvalue weighted by Gasteiger charge is -2.19. The molecule has 176 valence electrons. The zero-order chi connectivity index (χ0) is 22.7. The number of hydrogen-bond acceptors (Lipinski definition) is 5. The summed E-state index contributed by atoms with van der Waals surface area (Å²) in [4.78, 5) is 20.4. The molecule has 0 bridgehead atoms. The molecule has 0 unspecified atom stereocenters. The summed E-state index contributed by atoms with van der Waals surface area (Å²) in [5.74, 6) is 1.19. The van der Waals surface area contributed by atoms with Crippen LogP contribution in [0.4, 0.5) is 9.18 Å². The van der Waals surface area contributed by atoms with Crippen molar-refractivity contribution >= 4 is 36.0 Å². The monoisotopic (exact) mass is 559 g/mol. The number of benzene rings is 1. The molecule has 0 saturated heterocycles. The Morgan fingerprint density at radius 2 is 1.78 bits per heavy atom. The molecule has 10 heteroatoms. The lowest BCUT2D eigenvalue weighted by atomic mass is 10.2. The Hall–Kier alpha value is -2.63. The first-order valence-electron chi connectivity index (χ1n) is 10.1. The summed E-state index contributed by atoms with van der Waals surface area (Å²) in [5.41, 5.74) is 0.369. The lowest BCUT2D eigenvalue weighted by molar-refractivity contribution is 0.0529. The molecule has 1 amide bonds. The van der Waals surface area contributed by atoms with Crippen LogP contribution in [0.2, 0.25) is 0 Å². The Labute approximate surface area is 205 Å². The number of aromatic nitrogens is 1. The fourth-order valence-electron chi connectivity index (χ4n) is 2.40. The molecule has 1 aromatic carbocycles. The maximum absolute atomic E-state index is 13.0. The quantitative estimate of drug-likeness (QED) is 0.194. The van der Waals surface area contributed by atoms with Gasteiger partial charge < -0.3 is 25.4 Å². The van der Waals surface area contributed by atoms with Crippen LogP contribution in [-0.2, 0) is 11.3 Å². The number of hydrogen-bond donors (Lipinski definition) is 3. The second kappa shape index (κ2) is 13.7. The van der Waals surface area contributed by atoms with Crippen LogP contribution in [0.1, 0.15) is 33.3 Å². The molecule has 0 aliphatic carbocycles. The van der Waals surface area contributed by atoms with Gasteiger partial charge in [0.15, 0.2) is 5.96 Å². The Bertz CT molecular complexity index is 873. The minimum atomic E-state index is -0.530. The molecule has 0 aliphatic heterocycles. The number of guanidine groups is 1. The van der Waals surface area contributed by atoms with E-state index >= 15 is 0 Å². The number of carbonyl (C=O) groups is 1. The molecule has 0 atom stereocenters. The summed E-state index contributed by atoms with van der Waals surface area (Å²) >= 11 is 0. The molecular weight excluding hydrogens is 528 g/mol. The van der Waals surface area contributed by atoms with Gasteiger partial charge in [-0.05, 0) is 63.6 Å². The number of halogens is 2. The Kier molecular flexibility index (Phi) is 11.7. The van der Waals surface area contributed by atoms with E-state index in [4.69, 9.17) is 9.47 Å². The predicted molar refractivity (Wildman–Crippen MR) is 133 cm³/mol. The normalized spacial score (nSPS) is 11.2. The minimum absolute atomic E-state index is 0. The van der Waals surface area contributed by atoms with Gasteiger partial charge in [-0.1, -0.05) is 0 Å². The lowest BCUT2D eigenvalue weighted by Crippen LogP contribution is -2.42. The molecular formula is C22H31FIN5O3. The maximum atomic E-state index is 13.0. The summed E-state index contributed by atoms with van der Waals surface area (Å²) in [5, 5.41) is 9.00. The molecule has 2 rings (SSSR count). The van der Waals surface area contributed by atoms with Crippen molar-refractivity contribution in [3.8, 4) is 11.6 Å². The van der Waals surface area contributed by atoms with Gasteiger partial charge in [-0.25, -0.2) is 19.2 Å². The van der Waals surface area contributed by atoms with Crippen LogP contribution in [0.25, 0.3) is 0 Å². The molecule has 32 heavy (non-hydrogen) atoms. The minimum Gasteiger partial charge on any atom is -0.444 e.